The summed E-state index contributed by atoms with van der Waals surface area (Å²) in [5, 5.41) is 13.4. The third-order valence-corrected chi connectivity index (χ3v) is 4.77. The number of nitro groups is 1. The first-order valence-electron chi connectivity index (χ1n) is 8.39. The highest BCUT2D eigenvalue weighted by Crippen LogP contribution is 2.24. The number of non-ortho nitro benzene ring substituents is 1. The maximum Gasteiger partial charge on any atom is 0.269 e. The lowest BCUT2D eigenvalue weighted by atomic mass is 10.3. The van der Waals surface area contributed by atoms with Gasteiger partial charge in [0.25, 0.3) is 11.6 Å². The van der Waals surface area contributed by atoms with E-state index in [-0.39, 0.29) is 18.2 Å². The third kappa shape index (κ3) is 5.82. The van der Waals surface area contributed by atoms with Crippen LogP contribution in [0.15, 0.2) is 78.0 Å². The van der Waals surface area contributed by atoms with Gasteiger partial charge in [-0.3, -0.25) is 19.9 Å². The summed E-state index contributed by atoms with van der Waals surface area (Å²) in [4.78, 5) is 27.3. The molecule has 28 heavy (non-hydrogen) atoms. The van der Waals surface area contributed by atoms with E-state index >= 15 is 0 Å². The molecule has 0 saturated heterocycles. The largest absolute Gasteiger partial charge is 0.484 e. The van der Waals surface area contributed by atoms with Gasteiger partial charge in [0, 0.05) is 40.9 Å². The summed E-state index contributed by atoms with van der Waals surface area (Å²) < 4.78 is 5.34. The molecular formula is C20H17N3O4S. The first-order chi connectivity index (χ1) is 13.6. The molecule has 0 bridgehead atoms. The van der Waals surface area contributed by atoms with E-state index < -0.39 is 4.92 Å². The number of amides is 1. The zero-order valence-electron chi connectivity index (χ0n) is 14.8. The molecule has 8 heteroatoms. The van der Waals surface area contributed by atoms with Crippen molar-refractivity contribution in [2.24, 2.45) is 0 Å². The Bertz CT molecular complexity index is 932. The molecule has 1 amide bonds. The van der Waals surface area contributed by atoms with Crippen molar-refractivity contribution in [3.63, 3.8) is 0 Å². The fourth-order valence-electron chi connectivity index (χ4n) is 2.29. The number of nitro benzene ring substituents is 1. The lowest BCUT2D eigenvalue weighted by Gasteiger charge is -2.08. The van der Waals surface area contributed by atoms with Crippen molar-refractivity contribution >= 4 is 29.0 Å². The average molecular weight is 395 g/mol. The summed E-state index contributed by atoms with van der Waals surface area (Å²) in [5.41, 5.74) is 1.79. The van der Waals surface area contributed by atoms with Gasteiger partial charge in [0.1, 0.15) is 5.75 Å². The summed E-state index contributed by atoms with van der Waals surface area (Å²) in [6.45, 7) is -0.185. The highest BCUT2D eigenvalue weighted by Gasteiger charge is 2.07. The predicted octanol–water partition coefficient (Wildman–Crippen LogP) is 4.30. The number of hydrogen-bond acceptors (Lipinski definition) is 6. The number of aromatic nitrogens is 1. The van der Waals surface area contributed by atoms with Crippen LogP contribution in [0.5, 0.6) is 5.75 Å². The van der Waals surface area contributed by atoms with E-state index in [0.29, 0.717) is 11.4 Å². The number of ether oxygens (including phenoxy) is 1. The van der Waals surface area contributed by atoms with Crippen molar-refractivity contribution in [1.82, 2.24) is 4.98 Å². The van der Waals surface area contributed by atoms with Gasteiger partial charge >= 0.3 is 0 Å². The van der Waals surface area contributed by atoms with Crippen LogP contribution < -0.4 is 10.1 Å². The number of carbonyl (C=O) groups is 1. The lowest BCUT2D eigenvalue weighted by molar-refractivity contribution is -0.384. The van der Waals surface area contributed by atoms with E-state index in [9.17, 15) is 14.9 Å². The standard InChI is InChI=1S/C20H17N3O4S/c24-20(13-27-18-7-5-17(6-8-18)23(25)26)22-16-3-9-19(10-4-16)28-14-15-2-1-11-21-12-15/h1-12H,13-14H2,(H,22,24). The first kappa shape index (κ1) is 19.4. The SMILES string of the molecule is O=C(COc1ccc([N+](=O)[O-])cc1)Nc1ccc(SCc2cccnc2)cc1. The topological polar surface area (TPSA) is 94.4 Å². The molecule has 7 nitrogen and oxygen atoms in total. The van der Waals surface area contributed by atoms with Gasteiger partial charge < -0.3 is 10.1 Å². The zero-order chi connectivity index (χ0) is 19.8. The van der Waals surface area contributed by atoms with Crippen molar-refractivity contribution < 1.29 is 14.5 Å². The van der Waals surface area contributed by atoms with Crippen molar-refractivity contribution in [1.29, 1.82) is 0 Å². The van der Waals surface area contributed by atoms with Gasteiger partial charge in [0.15, 0.2) is 6.61 Å². The summed E-state index contributed by atoms with van der Waals surface area (Å²) in [6.07, 6.45) is 3.59. The number of thioether (sulfide) groups is 1. The van der Waals surface area contributed by atoms with Gasteiger partial charge in [-0.05, 0) is 48.0 Å². The molecular weight excluding hydrogens is 378 g/mol. The van der Waals surface area contributed by atoms with Gasteiger partial charge in [-0.15, -0.1) is 11.8 Å². The Morgan fingerprint density at radius 1 is 1.11 bits per heavy atom. The van der Waals surface area contributed by atoms with Crippen molar-refractivity contribution in [2.75, 3.05) is 11.9 Å². The van der Waals surface area contributed by atoms with E-state index in [0.717, 1.165) is 16.2 Å². The Morgan fingerprint density at radius 3 is 2.50 bits per heavy atom. The molecule has 1 aromatic heterocycles. The molecule has 142 valence electrons. The maximum absolute atomic E-state index is 12.0. The minimum absolute atomic E-state index is 0.0294. The van der Waals surface area contributed by atoms with E-state index in [1.165, 1.54) is 24.3 Å². The molecule has 3 aromatic rings. The lowest BCUT2D eigenvalue weighted by Crippen LogP contribution is -2.20. The van der Waals surface area contributed by atoms with Crippen LogP contribution in [0.2, 0.25) is 0 Å². The maximum atomic E-state index is 12.0. The molecule has 0 aliphatic heterocycles. The second kappa shape index (κ2) is 9.52. The monoisotopic (exact) mass is 395 g/mol. The molecule has 0 radical (unpaired) electrons. The number of rotatable bonds is 8. The second-order valence-corrected chi connectivity index (χ2v) is 6.81. The van der Waals surface area contributed by atoms with Crippen LogP contribution in [-0.2, 0) is 10.5 Å². The molecule has 1 heterocycles. The highest BCUT2D eigenvalue weighted by molar-refractivity contribution is 7.98. The summed E-state index contributed by atoms with van der Waals surface area (Å²) in [6, 6.07) is 17.0. The molecule has 0 fully saturated rings. The van der Waals surface area contributed by atoms with Crippen LogP contribution in [0.3, 0.4) is 0 Å². The average Bonchev–Trinajstić information content (AvgIpc) is 2.73. The Hall–Kier alpha value is -3.39. The number of hydrogen-bond donors (Lipinski definition) is 1. The van der Waals surface area contributed by atoms with Crippen molar-refractivity contribution in [2.45, 2.75) is 10.6 Å². The van der Waals surface area contributed by atoms with E-state index in [4.69, 9.17) is 4.74 Å². The number of nitrogens with one attached hydrogen (secondary N) is 1. The minimum atomic E-state index is -0.491. The summed E-state index contributed by atoms with van der Waals surface area (Å²) >= 11 is 1.69. The molecule has 0 aliphatic carbocycles. The normalized spacial score (nSPS) is 10.3. The van der Waals surface area contributed by atoms with Crippen LogP contribution in [0.4, 0.5) is 11.4 Å². The van der Waals surface area contributed by atoms with Crippen molar-refractivity contribution in [3.8, 4) is 5.75 Å². The van der Waals surface area contributed by atoms with E-state index in [1.807, 2.05) is 42.6 Å². The molecule has 0 atom stereocenters. The van der Waals surface area contributed by atoms with Gasteiger partial charge in [-0.1, -0.05) is 6.07 Å². The number of carbonyl (C=O) groups excluding carboxylic acids is 1. The Morgan fingerprint density at radius 2 is 1.86 bits per heavy atom. The van der Waals surface area contributed by atoms with E-state index in [1.54, 1.807) is 18.0 Å². The van der Waals surface area contributed by atoms with Crippen LogP contribution in [-0.4, -0.2) is 22.4 Å². The van der Waals surface area contributed by atoms with Crippen molar-refractivity contribution in [3.05, 3.63) is 88.7 Å². The fourth-order valence-corrected chi connectivity index (χ4v) is 3.13. The van der Waals surface area contributed by atoms with Crippen LogP contribution in [0, 0.1) is 10.1 Å². The fraction of sp³-hybridized carbons (Fsp3) is 0.100. The number of anilines is 1. The predicted molar refractivity (Wildman–Crippen MR) is 107 cm³/mol. The van der Waals surface area contributed by atoms with Crippen LogP contribution in [0.25, 0.3) is 0 Å². The smallest absolute Gasteiger partial charge is 0.269 e. The third-order valence-electron chi connectivity index (χ3n) is 3.68. The first-order valence-corrected chi connectivity index (χ1v) is 9.37. The van der Waals surface area contributed by atoms with Gasteiger partial charge in [0.2, 0.25) is 0 Å². The number of benzene rings is 2. The molecule has 0 saturated carbocycles. The van der Waals surface area contributed by atoms with Gasteiger partial charge in [0.05, 0.1) is 4.92 Å². The molecule has 2 aromatic carbocycles. The highest BCUT2D eigenvalue weighted by atomic mass is 32.2. The zero-order valence-corrected chi connectivity index (χ0v) is 15.6. The molecule has 1 N–H and O–H groups in total. The summed E-state index contributed by atoms with van der Waals surface area (Å²) in [5.74, 6) is 0.903. The van der Waals surface area contributed by atoms with Crippen LogP contribution in [0.1, 0.15) is 5.56 Å². The molecule has 0 unspecified atom stereocenters. The van der Waals surface area contributed by atoms with E-state index in [2.05, 4.69) is 10.3 Å². The molecule has 3 rings (SSSR count). The number of pyridine rings is 1. The second-order valence-electron chi connectivity index (χ2n) is 5.76. The Kier molecular flexibility index (Phi) is 6.59. The van der Waals surface area contributed by atoms with Crippen LogP contribution >= 0.6 is 11.8 Å². The summed E-state index contributed by atoms with van der Waals surface area (Å²) in [7, 11) is 0. The quantitative estimate of drug-likeness (QED) is 0.347. The molecule has 0 aliphatic rings. The molecule has 0 spiro atoms. The van der Waals surface area contributed by atoms with Gasteiger partial charge in [-0.25, -0.2) is 0 Å². The van der Waals surface area contributed by atoms with Gasteiger partial charge in [-0.2, -0.15) is 0 Å². The Labute approximate surface area is 165 Å². The number of nitrogens with zero attached hydrogens (tertiary/aromatic N) is 2. The Balaban J connectivity index is 1.45. The minimum Gasteiger partial charge on any atom is -0.484 e.